The number of thiol groups is 1. The van der Waals surface area contributed by atoms with Crippen LogP contribution in [0, 0.1) is 0 Å². The Hall–Kier alpha value is -0.140. The Morgan fingerprint density at radius 2 is 2.15 bits per heavy atom. The van der Waals surface area contributed by atoms with Crippen LogP contribution in [0.1, 0.15) is 34.6 Å². The van der Waals surface area contributed by atoms with Crippen LogP contribution in [-0.4, -0.2) is 50.5 Å². The van der Waals surface area contributed by atoms with Gasteiger partial charge in [-0.3, -0.25) is 4.99 Å². The Labute approximate surface area is 136 Å². The van der Waals surface area contributed by atoms with E-state index in [1.165, 1.54) is 0 Å². The van der Waals surface area contributed by atoms with E-state index < -0.39 is 11.7 Å². The molecule has 4 nitrogen and oxygen atoms in total. The molecule has 0 unspecified atom stereocenters. The molecular weight excluding hydrogens is 312 g/mol. The Morgan fingerprint density at radius 1 is 1.55 bits per heavy atom. The standard InChI is InChI=1S/C13H24N2O2S3/c1-12(2,3)17-11(16)14-6-9(19)15-10(7-18)20-8-13(15,4)5/h10,18H,6-8H2,1-5H3,(H,14,16)/p-1/t10-/m1/s1. The molecule has 1 aliphatic rings. The Morgan fingerprint density at radius 3 is 2.65 bits per heavy atom. The lowest BCUT2D eigenvalue weighted by Gasteiger charge is -2.36. The molecule has 20 heavy (non-hydrogen) atoms. The number of ether oxygens (including phenoxy) is 1. The van der Waals surface area contributed by atoms with Crippen LogP contribution in [0.25, 0.3) is 0 Å². The molecule has 0 aromatic heterocycles. The largest absolute Gasteiger partial charge is 0.595 e. The number of thiocarbonyl (C=S) groups is 1. The van der Waals surface area contributed by atoms with Gasteiger partial charge in [0.15, 0.2) is 0 Å². The van der Waals surface area contributed by atoms with E-state index in [0.29, 0.717) is 4.99 Å². The van der Waals surface area contributed by atoms with Crippen molar-refractivity contribution in [3.8, 4) is 0 Å². The zero-order valence-corrected chi connectivity index (χ0v) is 15.2. The van der Waals surface area contributed by atoms with Gasteiger partial charge in [-0.25, -0.2) is 0 Å². The summed E-state index contributed by atoms with van der Waals surface area (Å²) in [5.41, 5.74) is -0.558. The van der Waals surface area contributed by atoms with Crippen molar-refractivity contribution in [3.63, 3.8) is 0 Å². The summed E-state index contributed by atoms with van der Waals surface area (Å²) in [6, 6.07) is 0. The lowest BCUT2D eigenvalue weighted by Crippen LogP contribution is -2.49. The van der Waals surface area contributed by atoms with Gasteiger partial charge in [-0.1, -0.05) is 33.0 Å². The first-order valence-electron chi connectivity index (χ1n) is 6.52. The highest BCUT2D eigenvalue weighted by Gasteiger charge is 2.40. The number of hydrogen-bond donors (Lipinski definition) is 1. The van der Waals surface area contributed by atoms with Crippen molar-refractivity contribution in [2.24, 2.45) is 4.99 Å². The highest BCUT2D eigenvalue weighted by atomic mass is 32.2. The third kappa shape index (κ3) is 5.00. The minimum Gasteiger partial charge on any atom is -0.595 e. The molecule has 0 spiro atoms. The van der Waals surface area contributed by atoms with Gasteiger partial charge in [0, 0.05) is 22.6 Å². The van der Waals surface area contributed by atoms with Crippen molar-refractivity contribution in [1.29, 1.82) is 0 Å². The third-order valence-corrected chi connectivity index (χ3v) is 5.28. The molecule has 1 fully saturated rings. The maximum absolute atomic E-state index is 11.6. The van der Waals surface area contributed by atoms with Crippen molar-refractivity contribution in [3.05, 3.63) is 0 Å². The van der Waals surface area contributed by atoms with Crippen LogP contribution in [0.2, 0.25) is 0 Å². The molecule has 1 heterocycles. The van der Waals surface area contributed by atoms with E-state index in [4.69, 9.17) is 17.0 Å². The van der Waals surface area contributed by atoms with Crippen LogP contribution in [0.3, 0.4) is 0 Å². The molecule has 0 radical (unpaired) electrons. The van der Waals surface area contributed by atoms with E-state index in [-0.39, 0.29) is 17.5 Å². The highest BCUT2D eigenvalue weighted by molar-refractivity contribution is 8.01. The van der Waals surface area contributed by atoms with Gasteiger partial charge in [-0.2, -0.15) is 12.6 Å². The average molecular weight is 336 g/mol. The fourth-order valence-electron chi connectivity index (χ4n) is 1.97. The summed E-state index contributed by atoms with van der Waals surface area (Å²) in [4.78, 5) is 6.73. The summed E-state index contributed by atoms with van der Waals surface area (Å²) in [6.45, 7) is 9.92. The predicted octanol–water partition coefficient (Wildman–Crippen LogP) is 1.93. The van der Waals surface area contributed by atoms with Crippen molar-refractivity contribution >= 4 is 47.7 Å². The first-order chi connectivity index (χ1) is 9.07. The Kier molecular flexibility index (Phi) is 6.04. The second-order valence-electron chi connectivity index (χ2n) is 6.32. The molecule has 1 rings (SSSR count). The van der Waals surface area contributed by atoms with E-state index in [9.17, 15) is 5.11 Å². The summed E-state index contributed by atoms with van der Waals surface area (Å²) in [6.07, 6.45) is -0.563. The van der Waals surface area contributed by atoms with E-state index in [1.54, 1.807) is 0 Å². The molecule has 1 aliphatic heterocycles. The maximum Gasteiger partial charge on any atom is 0.146 e. The number of nitrogens with zero attached hydrogens (tertiary/aromatic N) is 2. The summed E-state index contributed by atoms with van der Waals surface area (Å²) >= 11 is 11.6. The fraction of sp³-hybridized carbons (Fsp3) is 0.846. The quantitative estimate of drug-likeness (QED) is 0.370. The average Bonchev–Trinajstić information content (AvgIpc) is 2.59. The zero-order chi connectivity index (χ0) is 15.6. The first-order valence-corrected chi connectivity index (χ1v) is 8.61. The Bertz CT molecular complexity index is 392. The van der Waals surface area contributed by atoms with Crippen LogP contribution in [0.15, 0.2) is 4.99 Å². The van der Waals surface area contributed by atoms with Gasteiger partial charge < -0.3 is 14.7 Å². The van der Waals surface area contributed by atoms with Crippen LogP contribution in [-0.2, 0) is 4.74 Å². The molecule has 0 bridgehead atoms. The summed E-state index contributed by atoms with van der Waals surface area (Å²) < 4.78 is 5.15. The van der Waals surface area contributed by atoms with E-state index in [1.807, 2.05) is 32.5 Å². The minimum absolute atomic E-state index is 0.0292. The Balaban J connectivity index is 2.68. The maximum atomic E-state index is 11.6. The van der Waals surface area contributed by atoms with Crippen LogP contribution >= 0.6 is 36.6 Å². The van der Waals surface area contributed by atoms with Gasteiger partial charge in [-0.05, 0) is 13.8 Å². The number of thioether (sulfide) groups is 1. The van der Waals surface area contributed by atoms with Crippen LogP contribution in [0.4, 0.5) is 0 Å². The first kappa shape index (κ1) is 17.9. The van der Waals surface area contributed by atoms with E-state index in [2.05, 4.69) is 36.4 Å². The van der Waals surface area contributed by atoms with Crippen LogP contribution in [0.5, 0.6) is 0 Å². The van der Waals surface area contributed by atoms with Crippen molar-refractivity contribution in [2.45, 2.75) is 51.1 Å². The number of hydrogen-bond acceptors (Lipinski definition) is 6. The SMILES string of the molecule is CC(C)(C)OC([O-])=NCC(=S)N1[C@@H](CS)SCC1(C)C. The predicted molar refractivity (Wildman–Crippen MR) is 91.8 cm³/mol. The molecule has 0 saturated carbocycles. The molecule has 0 aromatic rings. The molecule has 1 saturated heterocycles. The normalized spacial score (nSPS) is 23.0. The van der Waals surface area contributed by atoms with Gasteiger partial charge in [0.25, 0.3) is 0 Å². The molecule has 1 atom stereocenters. The smallest absolute Gasteiger partial charge is 0.146 e. The monoisotopic (exact) mass is 335 g/mol. The summed E-state index contributed by atoms with van der Waals surface area (Å²) in [7, 11) is 0. The van der Waals surface area contributed by atoms with Gasteiger partial charge >= 0.3 is 0 Å². The molecule has 0 aliphatic carbocycles. The number of aliphatic imine (C=N–C) groups is 1. The second kappa shape index (κ2) is 6.75. The lowest BCUT2D eigenvalue weighted by atomic mass is 10.1. The van der Waals surface area contributed by atoms with Gasteiger partial charge in [-0.15, -0.1) is 11.8 Å². The zero-order valence-electron chi connectivity index (χ0n) is 12.7. The van der Waals surface area contributed by atoms with Gasteiger partial charge in [0.05, 0.1) is 11.9 Å². The third-order valence-electron chi connectivity index (χ3n) is 2.73. The summed E-state index contributed by atoms with van der Waals surface area (Å²) in [5, 5.41) is 11.8. The molecule has 0 amide bonds. The summed E-state index contributed by atoms with van der Waals surface area (Å²) in [5.74, 6) is 1.71. The molecule has 7 heteroatoms. The van der Waals surface area contributed by atoms with E-state index in [0.717, 1.165) is 11.5 Å². The van der Waals surface area contributed by atoms with Gasteiger partial charge in [0.2, 0.25) is 0 Å². The number of rotatable bonds is 3. The van der Waals surface area contributed by atoms with E-state index >= 15 is 0 Å². The second-order valence-corrected chi connectivity index (χ2v) is 8.32. The van der Waals surface area contributed by atoms with Crippen LogP contribution < -0.4 is 5.11 Å². The van der Waals surface area contributed by atoms with Crippen molar-refractivity contribution in [2.75, 3.05) is 18.1 Å². The lowest BCUT2D eigenvalue weighted by molar-refractivity contribution is -0.260. The molecule has 116 valence electrons. The molecule has 0 N–H and O–H groups in total. The molecular formula is C13H23N2O2S3-. The fourth-order valence-corrected chi connectivity index (χ4v) is 4.36. The van der Waals surface area contributed by atoms with Gasteiger partial charge in [0.1, 0.15) is 11.1 Å². The highest BCUT2D eigenvalue weighted by Crippen LogP contribution is 2.37. The van der Waals surface area contributed by atoms with Crippen molar-refractivity contribution < 1.29 is 9.84 Å². The molecule has 0 aromatic carbocycles. The minimum atomic E-state index is -0.563. The van der Waals surface area contributed by atoms with Crippen molar-refractivity contribution in [1.82, 2.24) is 4.90 Å². The topological polar surface area (TPSA) is 47.9 Å².